The third kappa shape index (κ3) is 11.5. The Morgan fingerprint density at radius 1 is 0.936 bits per heavy atom. The van der Waals surface area contributed by atoms with E-state index in [0.717, 1.165) is 44.8 Å². The van der Waals surface area contributed by atoms with Gasteiger partial charge in [-0.15, -0.1) is 0 Å². The second-order valence-corrected chi connectivity index (χ2v) is 13.8. The molecule has 1 aliphatic rings. The van der Waals surface area contributed by atoms with Crippen molar-refractivity contribution in [2.75, 3.05) is 30.0 Å². The molecule has 0 spiro atoms. The number of rotatable bonds is 16. The molecule has 3 aromatic rings. The minimum absolute atomic E-state index is 0.0535. The van der Waals surface area contributed by atoms with Crippen LogP contribution in [0.4, 0.5) is 30.6 Å². The predicted molar refractivity (Wildman–Crippen MR) is 174 cm³/mol. The summed E-state index contributed by atoms with van der Waals surface area (Å²) in [5, 5.41) is 11.4. The van der Waals surface area contributed by atoms with Gasteiger partial charge in [0.1, 0.15) is 11.4 Å². The topological polar surface area (TPSA) is 142 Å². The van der Waals surface area contributed by atoms with Gasteiger partial charge in [0.15, 0.2) is 9.84 Å². The Balaban J connectivity index is 1.22. The van der Waals surface area contributed by atoms with E-state index in [0.29, 0.717) is 48.4 Å². The molecule has 2 aromatic carbocycles. The normalized spacial score (nSPS) is 13.7. The molecule has 1 heterocycles. The van der Waals surface area contributed by atoms with Gasteiger partial charge in [0.2, 0.25) is 11.9 Å². The first-order chi connectivity index (χ1) is 22.4. The Labute approximate surface area is 273 Å². The quantitative estimate of drug-likeness (QED) is 0.131. The van der Waals surface area contributed by atoms with Crippen LogP contribution in [0.1, 0.15) is 79.3 Å². The second kappa shape index (κ2) is 16.6. The first kappa shape index (κ1) is 35.7. The number of carbonyl (C=O) groups excluding carboxylic acids is 2. The van der Waals surface area contributed by atoms with Crippen LogP contribution in [0.3, 0.4) is 0 Å². The number of halogens is 3. The molecule has 1 saturated carbocycles. The number of nitrogens with zero attached hydrogens (tertiary/aromatic N) is 2. The first-order valence-corrected chi connectivity index (χ1v) is 17.7. The number of unbranched alkanes of at least 4 members (excludes halogenated alkanes) is 3. The molecule has 254 valence electrons. The molecule has 4 N–H and O–H groups in total. The molecule has 0 atom stereocenters. The Kier molecular flexibility index (Phi) is 12.6. The van der Waals surface area contributed by atoms with Crippen molar-refractivity contribution in [2.24, 2.45) is 5.92 Å². The number of hydrogen-bond donors (Lipinski definition) is 4. The zero-order valence-electron chi connectivity index (χ0n) is 26.3. The standard InChI is InChI=1S/C33H41F3N6O4S/c1-47(45,46)27-12-8-11-24(19-27)21-39-30-28(33(34,35)36)22-40-32(42-30)41-26-15-13-25(14-16-26)31(44)38-18-7-3-2-6-17-37-29(43)20-23-9-4-5-10-23/h8,11-16,19,22-23H,2-7,9-10,17-18,20-21H2,1H3,(H,37,43)(H,38,44)(H2,39,40,41,42). The third-order valence-electron chi connectivity index (χ3n) is 7.94. The van der Waals surface area contributed by atoms with Crippen LogP contribution in [0.15, 0.2) is 59.6 Å². The smallest absolute Gasteiger partial charge is 0.365 e. The number of carbonyl (C=O) groups is 2. The summed E-state index contributed by atoms with van der Waals surface area (Å²) in [4.78, 5) is 32.4. The maximum atomic E-state index is 13.7. The van der Waals surface area contributed by atoms with E-state index in [-0.39, 0.29) is 29.2 Å². The molecule has 14 heteroatoms. The van der Waals surface area contributed by atoms with Crippen molar-refractivity contribution in [3.05, 3.63) is 71.4 Å². The zero-order valence-corrected chi connectivity index (χ0v) is 27.1. The van der Waals surface area contributed by atoms with Crippen molar-refractivity contribution < 1.29 is 31.2 Å². The zero-order chi connectivity index (χ0) is 33.9. The highest BCUT2D eigenvalue weighted by molar-refractivity contribution is 7.90. The largest absolute Gasteiger partial charge is 0.421 e. The van der Waals surface area contributed by atoms with Gasteiger partial charge < -0.3 is 21.3 Å². The SMILES string of the molecule is CS(=O)(=O)c1cccc(CNc2nc(Nc3ccc(C(=O)NCCCCCCNC(=O)CC4CCCC4)cc3)ncc2C(F)(F)F)c1. The van der Waals surface area contributed by atoms with Crippen LogP contribution >= 0.6 is 0 Å². The molecule has 0 radical (unpaired) electrons. The van der Waals surface area contributed by atoms with Crippen LogP contribution in [0.2, 0.25) is 0 Å². The molecule has 47 heavy (non-hydrogen) atoms. The molecular formula is C33H41F3N6O4S. The van der Waals surface area contributed by atoms with Crippen LogP contribution in [-0.4, -0.2) is 49.5 Å². The molecular weight excluding hydrogens is 633 g/mol. The minimum atomic E-state index is -4.73. The Morgan fingerprint density at radius 3 is 2.28 bits per heavy atom. The van der Waals surface area contributed by atoms with Gasteiger partial charge in [-0.05, 0) is 73.6 Å². The maximum absolute atomic E-state index is 13.7. The van der Waals surface area contributed by atoms with Crippen molar-refractivity contribution in [1.29, 1.82) is 0 Å². The lowest BCUT2D eigenvalue weighted by atomic mass is 10.0. The van der Waals surface area contributed by atoms with E-state index in [4.69, 9.17) is 0 Å². The maximum Gasteiger partial charge on any atom is 0.421 e. The number of aromatic nitrogens is 2. The van der Waals surface area contributed by atoms with Crippen molar-refractivity contribution >= 4 is 39.1 Å². The first-order valence-electron chi connectivity index (χ1n) is 15.8. The summed E-state index contributed by atoms with van der Waals surface area (Å²) in [5.41, 5.74) is 0.268. The summed E-state index contributed by atoms with van der Waals surface area (Å²) >= 11 is 0. The second-order valence-electron chi connectivity index (χ2n) is 11.8. The van der Waals surface area contributed by atoms with Crippen LogP contribution in [0.25, 0.3) is 0 Å². The van der Waals surface area contributed by atoms with Crippen LogP contribution < -0.4 is 21.3 Å². The highest BCUT2D eigenvalue weighted by atomic mass is 32.2. The number of alkyl halides is 3. The van der Waals surface area contributed by atoms with E-state index in [1.54, 1.807) is 30.3 Å². The van der Waals surface area contributed by atoms with Gasteiger partial charge in [0.05, 0.1) is 4.90 Å². The summed E-state index contributed by atoms with van der Waals surface area (Å²) < 4.78 is 64.7. The monoisotopic (exact) mass is 674 g/mol. The van der Waals surface area contributed by atoms with Crippen LogP contribution in [0, 0.1) is 5.92 Å². The number of sulfone groups is 1. The lowest BCUT2D eigenvalue weighted by Gasteiger charge is -2.15. The van der Waals surface area contributed by atoms with E-state index in [2.05, 4.69) is 31.2 Å². The van der Waals surface area contributed by atoms with Gasteiger partial charge in [-0.25, -0.2) is 13.4 Å². The van der Waals surface area contributed by atoms with E-state index in [1.165, 1.54) is 31.0 Å². The number of benzene rings is 2. The van der Waals surface area contributed by atoms with Crippen molar-refractivity contribution in [1.82, 2.24) is 20.6 Å². The molecule has 4 rings (SSSR count). The Hall–Kier alpha value is -4.20. The third-order valence-corrected chi connectivity index (χ3v) is 9.05. The number of hydrogen-bond acceptors (Lipinski definition) is 8. The molecule has 1 aliphatic carbocycles. The Bertz CT molecular complexity index is 1610. The lowest BCUT2D eigenvalue weighted by molar-refractivity contribution is -0.137. The van der Waals surface area contributed by atoms with Gasteiger partial charge in [-0.1, -0.05) is 37.8 Å². The minimum Gasteiger partial charge on any atom is -0.365 e. The number of amides is 2. The molecule has 10 nitrogen and oxygen atoms in total. The molecule has 0 bridgehead atoms. The van der Waals surface area contributed by atoms with Gasteiger partial charge in [0, 0.05) is 49.8 Å². The van der Waals surface area contributed by atoms with Crippen molar-refractivity contribution in [2.45, 2.75) is 75.4 Å². The summed E-state index contributed by atoms with van der Waals surface area (Å²) in [6.45, 7) is 1.08. The molecule has 1 aromatic heterocycles. The van der Waals surface area contributed by atoms with Crippen LogP contribution in [0.5, 0.6) is 0 Å². The fourth-order valence-electron chi connectivity index (χ4n) is 5.37. The summed E-state index contributed by atoms with van der Waals surface area (Å²) in [5.74, 6) is -0.126. The van der Waals surface area contributed by atoms with Gasteiger partial charge in [0.25, 0.3) is 5.91 Å². The fourth-order valence-corrected chi connectivity index (χ4v) is 6.07. The van der Waals surface area contributed by atoms with E-state index in [9.17, 15) is 31.2 Å². The van der Waals surface area contributed by atoms with Gasteiger partial charge >= 0.3 is 6.18 Å². The summed E-state index contributed by atoms with van der Waals surface area (Å²) in [6, 6.07) is 12.3. The number of anilines is 3. The van der Waals surface area contributed by atoms with Crippen molar-refractivity contribution in [3.63, 3.8) is 0 Å². The van der Waals surface area contributed by atoms with Gasteiger partial charge in [-0.3, -0.25) is 9.59 Å². The van der Waals surface area contributed by atoms with E-state index in [1.807, 2.05) is 0 Å². The van der Waals surface area contributed by atoms with E-state index >= 15 is 0 Å². The molecule has 0 unspecified atom stereocenters. The average molecular weight is 675 g/mol. The highest BCUT2D eigenvalue weighted by Gasteiger charge is 2.35. The van der Waals surface area contributed by atoms with Gasteiger partial charge in [-0.2, -0.15) is 18.2 Å². The molecule has 2 amide bonds. The summed E-state index contributed by atoms with van der Waals surface area (Å²) in [7, 11) is -3.48. The molecule has 0 aliphatic heterocycles. The van der Waals surface area contributed by atoms with Crippen molar-refractivity contribution in [3.8, 4) is 0 Å². The molecule has 0 saturated heterocycles. The van der Waals surface area contributed by atoms with E-state index < -0.39 is 27.4 Å². The molecule has 1 fully saturated rings. The lowest BCUT2D eigenvalue weighted by Crippen LogP contribution is -2.26. The number of nitrogens with one attached hydrogen (secondary N) is 4. The average Bonchev–Trinajstić information content (AvgIpc) is 3.54. The van der Waals surface area contributed by atoms with Crippen LogP contribution in [-0.2, 0) is 27.4 Å². The fraction of sp³-hybridized carbons (Fsp3) is 0.455. The highest BCUT2D eigenvalue weighted by Crippen LogP contribution is 2.34. The Morgan fingerprint density at radius 2 is 1.62 bits per heavy atom. The predicted octanol–water partition coefficient (Wildman–Crippen LogP) is 6.24. The summed E-state index contributed by atoms with van der Waals surface area (Å²) in [6.07, 6.45) is 6.01.